The van der Waals surface area contributed by atoms with Crippen LogP contribution < -0.4 is 15.2 Å². The van der Waals surface area contributed by atoms with Crippen LogP contribution in [0, 0.1) is 0 Å². The lowest BCUT2D eigenvalue weighted by Crippen LogP contribution is -2.12. The van der Waals surface area contributed by atoms with Crippen LogP contribution in [0.2, 0.25) is 0 Å². The van der Waals surface area contributed by atoms with E-state index in [0.717, 1.165) is 4.47 Å². The van der Waals surface area contributed by atoms with Crippen LogP contribution in [0.3, 0.4) is 0 Å². The van der Waals surface area contributed by atoms with E-state index in [-0.39, 0.29) is 19.2 Å². The van der Waals surface area contributed by atoms with Crippen LogP contribution in [-0.2, 0) is 0 Å². The summed E-state index contributed by atoms with van der Waals surface area (Å²) in [7, 11) is 0. The van der Waals surface area contributed by atoms with Gasteiger partial charge in [0.1, 0.15) is 6.67 Å². The van der Waals surface area contributed by atoms with E-state index in [1.54, 1.807) is 12.1 Å². The Kier molecular flexibility index (Phi) is 4.19. The third-order valence-corrected chi connectivity index (χ3v) is 2.74. The Morgan fingerprint density at radius 2 is 2.00 bits per heavy atom. The SMILES string of the molecule is Cl.N[C@@H](CF)c1cc2c(cc1Br)OCO2. The van der Waals surface area contributed by atoms with Crippen LogP contribution >= 0.6 is 28.3 Å². The van der Waals surface area contributed by atoms with E-state index in [9.17, 15) is 4.39 Å². The zero-order valence-electron chi connectivity index (χ0n) is 7.70. The average molecular weight is 299 g/mol. The van der Waals surface area contributed by atoms with Crippen LogP contribution in [0.15, 0.2) is 16.6 Å². The van der Waals surface area contributed by atoms with Crippen molar-refractivity contribution in [3.8, 4) is 11.5 Å². The Labute approximate surface area is 101 Å². The minimum Gasteiger partial charge on any atom is -0.454 e. The highest BCUT2D eigenvalue weighted by molar-refractivity contribution is 9.10. The summed E-state index contributed by atoms with van der Waals surface area (Å²) in [5.41, 5.74) is 6.28. The molecule has 1 aromatic rings. The first-order valence-corrected chi connectivity index (χ1v) is 4.92. The Bertz CT molecular complexity index is 364. The van der Waals surface area contributed by atoms with Gasteiger partial charge in [-0.15, -0.1) is 12.4 Å². The third-order valence-electron chi connectivity index (χ3n) is 2.06. The van der Waals surface area contributed by atoms with Crippen molar-refractivity contribution >= 4 is 28.3 Å². The Hall–Kier alpha value is -0.520. The molecule has 1 heterocycles. The highest BCUT2D eigenvalue weighted by Crippen LogP contribution is 2.38. The number of halogens is 3. The van der Waals surface area contributed by atoms with E-state index in [1.165, 1.54) is 0 Å². The maximum absolute atomic E-state index is 12.4. The van der Waals surface area contributed by atoms with Crippen molar-refractivity contribution < 1.29 is 13.9 Å². The van der Waals surface area contributed by atoms with Crippen molar-refractivity contribution in [3.05, 3.63) is 22.2 Å². The number of benzene rings is 1. The molecule has 0 amide bonds. The van der Waals surface area contributed by atoms with Crippen LogP contribution in [0.1, 0.15) is 11.6 Å². The van der Waals surface area contributed by atoms with Gasteiger partial charge in [0.05, 0.1) is 6.04 Å². The van der Waals surface area contributed by atoms with Gasteiger partial charge in [0.2, 0.25) is 6.79 Å². The maximum atomic E-state index is 12.4. The number of fused-ring (bicyclic) bond motifs is 1. The lowest BCUT2D eigenvalue weighted by molar-refractivity contribution is 0.174. The van der Waals surface area contributed by atoms with Gasteiger partial charge in [-0.25, -0.2) is 4.39 Å². The molecule has 0 aliphatic carbocycles. The monoisotopic (exact) mass is 297 g/mol. The molecule has 0 saturated heterocycles. The number of hydrogen-bond donors (Lipinski definition) is 1. The molecule has 2 N–H and O–H groups in total. The number of hydrogen-bond acceptors (Lipinski definition) is 3. The molecule has 84 valence electrons. The van der Waals surface area contributed by atoms with E-state index >= 15 is 0 Å². The molecule has 1 aliphatic rings. The molecule has 0 radical (unpaired) electrons. The Balaban J connectivity index is 0.00000112. The second kappa shape index (κ2) is 5.01. The van der Waals surface area contributed by atoms with E-state index in [1.807, 2.05) is 0 Å². The highest BCUT2D eigenvalue weighted by atomic mass is 79.9. The zero-order chi connectivity index (χ0) is 10.1. The average Bonchev–Trinajstić information content (AvgIpc) is 2.62. The molecule has 15 heavy (non-hydrogen) atoms. The van der Waals surface area contributed by atoms with E-state index in [0.29, 0.717) is 17.1 Å². The van der Waals surface area contributed by atoms with Crippen molar-refractivity contribution in [2.75, 3.05) is 13.5 Å². The summed E-state index contributed by atoms with van der Waals surface area (Å²) in [5.74, 6) is 1.28. The fraction of sp³-hybridized carbons (Fsp3) is 0.333. The standard InChI is InChI=1S/C9H9BrFNO2.ClH/c10-6-2-9-8(13-4-14-9)1-5(6)7(12)3-11;/h1-2,7H,3-4,12H2;1H/t7-;/m0./s1. The van der Waals surface area contributed by atoms with Gasteiger partial charge in [-0.05, 0) is 17.7 Å². The molecule has 0 aromatic heterocycles. The van der Waals surface area contributed by atoms with Gasteiger partial charge in [-0.1, -0.05) is 15.9 Å². The summed E-state index contributed by atoms with van der Waals surface area (Å²) < 4.78 is 23.5. The number of ether oxygens (including phenoxy) is 2. The van der Waals surface area contributed by atoms with Crippen LogP contribution in [0.4, 0.5) is 4.39 Å². The van der Waals surface area contributed by atoms with Crippen molar-refractivity contribution in [2.45, 2.75) is 6.04 Å². The van der Waals surface area contributed by atoms with Gasteiger partial charge in [-0.3, -0.25) is 0 Å². The van der Waals surface area contributed by atoms with Crippen molar-refractivity contribution in [1.82, 2.24) is 0 Å². The fourth-order valence-corrected chi connectivity index (χ4v) is 1.92. The number of rotatable bonds is 2. The van der Waals surface area contributed by atoms with E-state index in [2.05, 4.69) is 15.9 Å². The van der Waals surface area contributed by atoms with Crippen molar-refractivity contribution in [2.24, 2.45) is 5.73 Å². The lowest BCUT2D eigenvalue weighted by atomic mass is 10.1. The van der Waals surface area contributed by atoms with Gasteiger partial charge in [0.25, 0.3) is 0 Å². The summed E-state index contributed by atoms with van der Waals surface area (Å²) in [6, 6.07) is 2.82. The molecule has 3 nitrogen and oxygen atoms in total. The molecule has 1 aromatic carbocycles. The van der Waals surface area contributed by atoms with Gasteiger partial charge in [-0.2, -0.15) is 0 Å². The largest absolute Gasteiger partial charge is 0.454 e. The van der Waals surface area contributed by atoms with Crippen molar-refractivity contribution in [1.29, 1.82) is 0 Å². The van der Waals surface area contributed by atoms with E-state index < -0.39 is 12.7 Å². The molecule has 2 rings (SSSR count). The summed E-state index contributed by atoms with van der Waals surface area (Å²) >= 11 is 3.31. The first-order chi connectivity index (χ1) is 6.72. The minimum absolute atomic E-state index is 0. The summed E-state index contributed by atoms with van der Waals surface area (Å²) in [6.07, 6.45) is 0. The van der Waals surface area contributed by atoms with Crippen molar-refractivity contribution in [3.63, 3.8) is 0 Å². The normalized spacial score (nSPS) is 14.6. The predicted octanol–water partition coefficient (Wildman–Crippen LogP) is 2.57. The summed E-state index contributed by atoms with van der Waals surface area (Å²) in [4.78, 5) is 0. The second-order valence-electron chi connectivity index (χ2n) is 2.99. The second-order valence-corrected chi connectivity index (χ2v) is 3.84. The van der Waals surface area contributed by atoms with Gasteiger partial charge < -0.3 is 15.2 Å². The lowest BCUT2D eigenvalue weighted by Gasteiger charge is -2.10. The summed E-state index contributed by atoms with van der Waals surface area (Å²) in [6.45, 7) is -0.395. The number of alkyl halides is 1. The molecule has 1 aliphatic heterocycles. The third kappa shape index (κ3) is 2.35. The smallest absolute Gasteiger partial charge is 0.231 e. The summed E-state index contributed by atoms with van der Waals surface area (Å²) in [5, 5.41) is 0. The van der Waals surface area contributed by atoms with Gasteiger partial charge in [0.15, 0.2) is 11.5 Å². The van der Waals surface area contributed by atoms with Crippen LogP contribution in [-0.4, -0.2) is 13.5 Å². The number of nitrogens with two attached hydrogens (primary N) is 1. The molecular weight excluding hydrogens is 288 g/mol. The van der Waals surface area contributed by atoms with Gasteiger partial charge >= 0.3 is 0 Å². The molecular formula is C9H10BrClFNO2. The Morgan fingerprint density at radius 1 is 1.40 bits per heavy atom. The Morgan fingerprint density at radius 3 is 2.60 bits per heavy atom. The van der Waals surface area contributed by atoms with Crippen LogP contribution in [0.5, 0.6) is 11.5 Å². The molecule has 6 heteroatoms. The molecule has 0 saturated carbocycles. The predicted molar refractivity (Wildman–Crippen MR) is 60.4 cm³/mol. The molecule has 1 atom stereocenters. The molecule has 0 bridgehead atoms. The first-order valence-electron chi connectivity index (χ1n) is 4.13. The first kappa shape index (κ1) is 12.5. The van der Waals surface area contributed by atoms with Gasteiger partial charge in [0, 0.05) is 4.47 Å². The zero-order valence-corrected chi connectivity index (χ0v) is 10.1. The van der Waals surface area contributed by atoms with E-state index in [4.69, 9.17) is 15.2 Å². The highest BCUT2D eigenvalue weighted by Gasteiger charge is 2.19. The molecule has 0 unspecified atom stereocenters. The quantitative estimate of drug-likeness (QED) is 0.912. The molecule has 0 spiro atoms. The van der Waals surface area contributed by atoms with Crippen LogP contribution in [0.25, 0.3) is 0 Å². The minimum atomic E-state index is -0.626. The molecule has 0 fully saturated rings. The fourth-order valence-electron chi connectivity index (χ4n) is 1.30. The topological polar surface area (TPSA) is 44.5 Å². The maximum Gasteiger partial charge on any atom is 0.231 e.